The Bertz CT molecular complexity index is 303. The van der Waals surface area contributed by atoms with Crippen molar-refractivity contribution >= 4 is 5.91 Å². The van der Waals surface area contributed by atoms with Gasteiger partial charge in [-0.2, -0.15) is 0 Å². The molecule has 2 heterocycles. The highest BCUT2D eigenvalue weighted by Gasteiger charge is 2.42. The van der Waals surface area contributed by atoms with E-state index in [1.54, 1.807) is 0 Å². The summed E-state index contributed by atoms with van der Waals surface area (Å²) < 4.78 is 0. The lowest BCUT2D eigenvalue weighted by Gasteiger charge is -2.46. The quantitative estimate of drug-likeness (QED) is 0.567. The van der Waals surface area contributed by atoms with Gasteiger partial charge in [0, 0.05) is 19.0 Å². The van der Waals surface area contributed by atoms with Gasteiger partial charge in [-0.15, -0.1) is 0 Å². The van der Waals surface area contributed by atoms with E-state index in [0.29, 0.717) is 12.5 Å². The Balaban J connectivity index is 2.25. The summed E-state index contributed by atoms with van der Waals surface area (Å²) in [7, 11) is 0. The molecule has 2 aliphatic heterocycles. The van der Waals surface area contributed by atoms with Crippen LogP contribution in [0.2, 0.25) is 0 Å². The van der Waals surface area contributed by atoms with Gasteiger partial charge < -0.3 is 0 Å². The van der Waals surface area contributed by atoms with Gasteiger partial charge in [0.25, 0.3) is 0 Å². The standard InChI is InChI=1S/C12H20N2O/c1-9-7-10(12(2,3)4)13-6-5-11(15)14(13)8-9/h10H,1,5-8H2,2-4H3. The van der Waals surface area contributed by atoms with Crippen molar-refractivity contribution in [2.24, 2.45) is 5.41 Å². The largest absolute Gasteiger partial charge is 0.273 e. The molecule has 15 heavy (non-hydrogen) atoms. The lowest BCUT2D eigenvalue weighted by atomic mass is 9.81. The van der Waals surface area contributed by atoms with Gasteiger partial charge in [-0.05, 0) is 11.8 Å². The van der Waals surface area contributed by atoms with Crippen LogP contribution in [0, 0.1) is 5.41 Å². The van der Waals surface area contributed by atoms with Crippen molar-refractivity contribution in [1.82, 2.24) is 10.0 Å². The molecular weight excluding hydrogens is 188 g/mol. The topological polar surface area (TPSA) is 23.6 Å². The maximum atomic E-state index is 11.7. The molecule has 2 aliphatic rings. The molecule has 84 valence electrons. The fraction of sp³-hybridized carbons (Fsp3) is 0.750. The normalized spacial score (nSPS) is 28.5. The molecule has 3 nitrogen and oxygen atoms in total. The third-order valence-electron chi connectivity index (χ3n) is 3.37. The number of rotatable bonds is 0. The molecule has 0 aromatic carbocycles. The maximum Gasteiger partial charge on any atom is 0.238 e. The Morgan fingerprint density at radius 2 is 2.07 bits per heavy atom. The summed E-state index contributed by atoms with van der Waals surface area (Å²) in [4.78, 5) is 11.7. The number of fused-ring (bicyclic) bond motifs is 1. The lowest BCUT2D eigenvalue weighted by Crippen LogP contribution is -2.55. The smallest absolute Gasteiger partial charge is 0.238 e. The first-order chi connectivity index (χ1) is 6.89. The zero-order valence-corrected chi connectivity index (χ0v) is 9.92. The molecule has 2 rings (SSSR count). The van der Waals surface area contributed by atoms with E-state index in [1.165, 1.54) is 5.57 Å². The van der Waals surface area contributed by atoms with Gasteiger partial charge in [-0.3, -0.25) is 9.80 Å². The van der Waals surface area contributed by atoms with Crippen molar-refractivity contribution in [3.05, 3.63) is 12.2 Å². The molecule has 0 spiro atoms. The van der Waals surface area contributed by atoms with Gasteiger partial charge in [-0.1, -0.05) is 32.9 Å². The second-order valence-electron chi connectivity index (χ2n) is 5.70. The van der Waals surface area contributed by atoms with Gasteiger partial charge in [-0.25, -0.2) is 5.01 Å². The summed E-state index contributed by atoms with van der Waals surface area (Å²) in [5.41, 5.74) is 1.38. The summed E-state index contributed by atoms with van der Waals surface area (Å²) in [6, 6.07) is 0.421. The molecule has 3 heteroatoms. The Labute approximate surface area is 91.7 Å². The van der Waals surface area contributed by atoms with E-state index in [-0.39, 0.29) is 11.3 Å². The second-order valence-corrected chi connectivity index (χ2v) is 5.70. The van der Waals surface area contributed by atoms with E-state index >= 15 is 0 Å². The molecule has 1 atom stereocenters. The molecule has 0 saturated carbocycles. The van der Waals surface area contributed by atoms with Crippen LogP contribution in [0.4, 0.5) is 0 Å². The number of carbonyl (C=O) groups is 1. The van der Waals surface area contributed by atoms with Crippen LogP contribution in [-0.2, 0) is 4.79 Å². The number of hydrazine groups is 1. The van der Waals surface area contributed by atoms with E-state index in [4.69, 9.17) is 0 Å². The highest BCUT2D eigenvalue weighted by molar-refractivity contribution is 5.78. The van der Waals surface area contributed by atoms with Gasteiger partial charge in [0.1, 0.15) is 0 Å². The van der Waals surface area contributed by atoms with Gasteiger partial charge in [0.2, 0.25) is 5.91 Å². The number of carbonyl (C=O) groups excluding carboxylic acids is 1. The van der Waals surface area contributed by atoms with E-state index in [1.807, 2.05) is 5.01 Å². The Kier molecular flexibility index (Phi) is 2.38. The average molecular weight is 208 g/mol. The molecule has 2 fully saturated rings. The van der Waals surface area contributed by atoms with Crippen molar-refractivity contribution < 1.29 is 4.79 Å². The number of nitrogens with zero attached hydrogens (tertiary/aromatic N) is 2. The Morgan fingerprint density at radius 1 is 1.40 bits per heavy atom. The van der Waals surface area contributed by atoms with Crippen LogP contribution >= 0.6 is 0 Å². The van der Waals surface area contributed by atoms with Gasteiger partial charge in [0.15, 0.2) is 0 Å². The number of amides is 1. The minimum absolute atomic E-state index is 0.201. The molecule has 0 aromatic heterocycles. The first kappa shape index (κ1) is 10.7. The van der Waals surface area contributed by atoms with Crippen LogP contribution in [0.1, 0.15) is 33.6 Å². The summed E-state index contributed by atoms with van der Waals surface area (Å²) in [6.07, 6.45) is 1.69. The van der Waals surface area contributed by atoms with Crippen molar-refractivity contribution in [3.8, 4) is 0 Å². The minimum Gasteiger partial charge on any atom is -0.273 e. The first-order valence-corrected chi connectivity index (χ1v) is 5.63. The second kappa shape index (κ2) is 3.34. The number of hydrogen-bond donors (Lipinski definition) is 0. The van der Waals surface area contributed by atoms with Crippen molar-refractivity contribution in [2.45, 2.75) is 39.7 Å². The third kappa shape index (κ3) is 1.81. The fourth-order valence-electron chi connectivity index (χ4n) is 2.51. The summed E-state index contributed by atoms with van der Waals surface area (Å²) in [6.45, 7) is 12.4. The molecule has 1 unspecified atom stereocenters. The van der Waals surface area contributed by atoms with Crippen LogP contribution < -0.4 is 0 Å². The Morgan fingerprint density at radius 3 is 2.67 bits per heavy atom. The average Bonchev–Trinajstić information content (AvgIpc) is 2.45. The molecule has 1 amide bonds. The lowest BCUT2D eigenvalue weighted by molar-refractivity contribution is -0.146. The zero-order chi connectivity index (χ0) is 11.2. The minimum atomic E-state index is 0.201. The van der Waals surface area contributed by atoms with Crippen LogP contribution in [-0.4, -0.2) is 35.1 Å². The molecule has 0 aliphatic carbocycles. The highest BCUT2D eigenvalue weighted by atomic mass is 16.2. The predicted molar refractivity (Wildman–Crippen MR) is 60.0 cm³/mol. The molecule has 0 N–H and O–H groups in total. The van der Waals surface area contributed by atoms with Crippen LogP contribution in [0.3, 0.4) is 0 Å². The summed E-state index contributed by atoms with van der Waals surface area (Å²) in [5, 5.41) is 4.14. The third-order valence-corrected chi connectivity index (χ3v) is 3.37. The van der Waals surface area contributed by atoms with Gasteiger partial charge in [0.05, 0.1) is 6.54 Å². The maximum absolute atomic E-state index is 11.7. The van der Waals surface area contributed by atoms with E-state index < -0.39 is 0 Å². The van der Waals surface area contributed by atoms with Crippen molar-refractivity contribution in [3.63, 3.8) is 0 Å². The SMILES string of the molecule is C=C1CC(C(C)(C)C)N2CCC(=O)N2C1. The van der Waals surface area contributed by atoms with Crippen molar-refractivity contribution in [1.29, 1.82) is 0 Å². The van der Waals surface area contributed by atoms with Crippen LogP contribution in [0.5, 0.6) is 0 Å². The highest BCUT2D eigenvalue weighted by Crippen LogP contribution is 2.36. The van der Waals surface area contributed by atoms with Crippen LogP contribution in [0.25, 0.3) is 0 Å². The van der Waals surface area contributed by atoms with Gasteiger partial charge >= 0.3 is 0 Å². The molecule has 0 bridgehead atoms. The molecule has 2 saturated heterocycles. The predicted octanol–water partition coefficient (Wildman–Crippen LogP) is 1.81. The summed E-state index contributed by atoms with van der Waals surface area (Å²) >= 11 is 0. The van der Waals surface area contributed by atoms with E-state index in [0.717, 1.165) is 19.5 Å². The first-order valence-electron chi connectivity index (χ1n) is 5.63. The molecular formula is C12H20N2O. The molecule has 0 radical (unpaired) electrons. The van der Waals surface area contributed by atoms with E-state index in [9.17, 15) is 4.79 Å². The number of hydrogen-bond acceptors (Lipinski definition) is 2. The van der Waals surface area contributed by atoms with Crippen LogP contribution in [0.15, 0.2) is 12.2 Å². The van der Waals surface area contributed by atoms with Crippen molar-refractivity contribution in [2.75, 3.05) is 13.1 Å². The fourth-order valence-corrected chi connectivity index (χ4v) is 2.51. The molecule has 0 aromatic rings. The monoisotopic (exact) mass is 208 g/mol. The zero-order valence-electron chi connectivity index (χ0n) is 9.92. The Hall–Kier alpha value is -0.830. The van der Waals surface area contributed by atoms with E-state index in [2.05, 4.69) is 32.4 Å². The summed E-state index contributed by atoms with van der Waals surface area (Å²) in [5.74, 6) is 0.255.